The first-order chi connectivity index (χ1) is 5.36. The summed E-state index contributed by atoms with van der Waals surface area (Å²) in [7, 11) is 0. The molecule has 0 unspecified atom stereocenters. The Kier molecular flexibility index (Phi) is 1.64. The lowest BCUT2D eigenvalue weighted by atomic mass is 10.2. The Morgan fingerprint density at radius 1 is 1.27 bits per heavy atom. The zero-order valence-corrected chi connectivity index (χ0v) is 6.88. The third kappa shape index (κ3) is 1.27. The number of hydrogen-bond acceptors (Lipinski definition) is 2. The summed E-state index contributed by atoms with van der Waals surface area (Å²) < 4.78 is 2.06. The minimum Gasteiger partial charge on any atom is -0.250 e. The van der Waals surface area contributed by atoms with Crippen LogP contribution in [0.3, 0.4) is 0 Å². The molecule has 11 heavy (non-hydrogen) atoms. The fraction of sp³-hybridized carbons (Fsp3) is 0.750. The van der Waals surface area contributed by atoms with Crippen molar-refractivity contribution in [2.45, 2.75) is 39.2 Å². The predicted octanol–water partition coefficient (Wildman–Crippen LogP) is 1.31. The van der Waals surface area contributed by atoms with Crippen LogP contribution in [0.5, 0.6) is 0 Å². The van der Waals surface area contributed by atoms with Crippen LogP contribution < -0.4 is 0 Å². The molecule has 0 amide bonds. The molecule has 0 radical (unpaired) electrons. The van der Waals surface area contributed by atoms with Crippen LogP contribution in [0.25, 0.3) is 0 Å². The summed E-state index contributed by atoms with van der Waals surface area (Å²) in [6, 6.07) is 0. The van der Waals surface area contributed by atoms with Gasteiger partial charge in [-0.05, 0) is 19.8 Å². The lowest BCUT2D eigenvalue weighted by Crippen LogP contribution is -2.02. The van der Waals surface area contributed by atoms with Crippen LogP contribution in [0.4, 0.5) is 0 Å². The maximum Gasteiger partial charge on any atom is 0.147 e. The van der Waals surface area contributed by atoms with E-state index in [4.69, 9.17) is 0 Å². The average Bonchev–Trinajstić information content (AvgIpc) is 2.17. The van der Waals surface area contributed by atoms with Gasteiger partial charge in [-0.15, -0.1) is 0 Å². The Bertz CT molecular complexity index is 228. The molecule has 1 aliphatic heterocycles. The summed E-state index contributed by atoms with van der Waals surface area (Å²) in [5, 5.41) is 4.32. The zero-order valence-electron chi connectivity index (χ0n) is 6.88. The smallest absolute Gasteiger partial charge is 0.147 e. The van der Waals surface area contributed by atoms with E-state index >= 15 is 0 Å². The van der Waals surface area contributed by atoms with Crippen LogP contribution in [-0.2, 0) is 13.0 Å². The summed E-state index contributed by atoms with van der Waals surface area (Å²) in [5.41, 5.74) is 0. The Balaban J connectivity index is 2.32. The highest BCUT2D eigenvalue weighted by molar-refractivity contribution is 4.92. The molecule has 0 aromatic carbocycles. The van der Waals surface area contributed by atoms with Gasteiger partial charge in [0.1, 0.15) is 11.6 Å². The van der Waals surface area contributed by atoms with Crippen LogP contribution in [0.1, 0.15) is 30.9 Å². The van der Waals surface area contributed by atoms with Gasteiger partial charge in [0.2, 0.25) is 0 Å². The topological polar surface area (TPSA) is 30.7 Å². The van der Waals surface area contributed by atoms with Gasteiger partial charge in [-0.1, -0.05) is 6.42 Å². The molecule has 1 aliphatic rings. The van der Waals surface area contributed by atoms with Gasteiger partial charge in [0.25, 0.3) is 0 Å². The molecule has 2 heterocycles. The Hall–Kier alpha value is -0.860. The van der Waals surface area contributed by atoms with Crippen molar-refractivity contribution in [1.29, 1.82) is 0 Å². The van der Waals surface area contributed by atoms with E-state index < -0.39 is 0 Å². The van der Waals surface area contributed by atoms with E-state index in [0.29, 0.717) is 0 Å². The highest BCUT2D eigenvalue weighted by atomic mass is 15.3. The number of hydrogen-bond donors (Lipinski definition) is 0. The molecule has 0 saturated heterocycles. The summed E-state index contributed by atoms with van der Waals surface area (Å²) in [6.07, 6.45) is 4.97. The normalized spacial score (nSPS) is 17.5. The van der Waals surface area contributed by atoms with Gasteiger partial charge in [-0.2, -0.15) is 5.10 Å². The van der Waals surface area contributed by atoms with Gasteiger partial charge >= 0.3 is 0 Å². The summed E-state index contributed by atoms with van der Waals surface area (Å²) in [4.78, 5) is 4.36. The van der Waals surface area contributed by atoms with Gasteiger partial charge in [-0.25, -0.2) is 9.67 Å². The van der Waals surface area contributed by atoms with E-state index in [2.05, 4.69) is 14.8 Å². The van der Waals surface area contributed by atoms with E-state index in [1.165, 1.54) is 25.1 Å². The molecule has 0 N–H and O–H groups in total. The van der Waals surface area contributed by atoms with Gasteiger partial charge < -0.3 is 0 Å². The van der Waals surface area contributed by atoms with Crippen molar-refractivity contribution >= 4 is 0 Å². The lowest BCUT2D eigenvalue weighted by molar-refractivity contribution is 0.572. The largest absolute Gasteiger partial charge is 0.250 e. The molecule has 1 aromatic heterocycles. The van der Waals surface area contributed by atoms with Crippen molar-refractivity contribution in [3.05, 3.63) is 11.6 Å². The lowest BCUT2D eigenvalue weighted by Gasteiger charge is -1.96. The Labute approximate surface area is 66.4 Å². The summed E-state index contributed by atoms with van der Waals surface area (Å²) in [6.45, 7) is 3.03. The standard InChI is InChI=1S/C8H13N3/c1-7-9-8-5-3-2-4-6-11(8)10-7/h2-6H2,1H3. The average molecular weight is 151 g/mol. The first-order valence-corrected chi connectivity index (χ1v) is 4.26. The molecule has 0 bridgehead atoms. The molecule has 0 atom stereocenters. The molecule has 1 aromatic rings. The van der Waals surface area contributed by atoms with E-state index in [1.54, 1.807) is 0 Å². The minimum absolute atomic E-state index is 0.918. The third-order valence-corrected chi connectivity index (χ3v) is 2.12. The predicted molar refractivity (Wildman–Crippen MR) is 42.3 cm³/mol. The molecule has 0 aliphatic carbocycles. The Morgan fingerprint density at radius 2 is 2.18 bits per heavy atom. The maximum absolute atomic E-state index is 4.36. The van der Waals surface area contributed by atoms with Crippen molar-refractivity contribution in [2.24, 2.45) is 0 Å². The van der Waals surface area contributed by atoms with Crippen molar-refractivity contribution < 1.29 is 0 Å². The highest BCUT2D eigenvalue weighted by Gasteiger charge is 2.09. The van der Waals surface area contributed by atoms with E-state index in [1.807, 2.05) is 6.92 Å². The van der Waals surface area contributed by atoms with Crippen LogP contribution in [0.2, 0.25) is 0 Å². The molecule has 3 nitrogen and oxygen atoms in total. The van der Waals surface area contributed by atoms with E-state index in [-0.39, 0.29) is 0 Å². The molecule has 0 fully saturated rings. The third-order valence-electron chi connectivity index (χ3n) is 2.12. The van der Waals surface area contributed by atoms with Crippen molar-refractivity contribution in [3.63, 3.8) is 0 Å². The SMILES string of the molecule is Cc1nc2n(n1)CCCCC2. The molecular formula is C8H13N3. The fourth-order valence-corrected chi connectivity index (χ4v) is 1.58. The van der Waals surface area contributed by atoms with Gasteiger partial charge in [0, 0.05) is 13.0 Å². The maximum atomic E-state index is 4.36. The number of aryl methyl sites for hydroxylation is 3. The molecule has 60 valence electrons. The van der Waals surface area contributed by atoms with E-state index in [0.717, 1.165) is 18.8 Å². The highest BCUT2D eigenvalue weighted by Crippen LogP contribution is 2.11. The quantitative estimate of drug-likeness (QED) is 0.559. The summed E-state index contributed by atoms with van der Waals surface area (Å²) in [5.74, 6) is 2.10. The monoisotopic (exact) mass is 151 g/mol. The molecular weight excluding hydrogens is 138 g/mol. The number of nitrogens with zero attached hydrogens (tertiary/aromatic N) is 3. The second-order valence-corrected chi connectivity index (χ2v) is 3.11. The minimum atomic E-state index is 0.918. The first-order valence-electron chi connectivity index (χ1n) is 4.26. The van der Waals surface area contributed by atoms with Crippen LogP contribution >= 0.6 is 0 Å². The summed E-state index contributed by atoms with van der Waals surface area (Å²) >= 11 is 0. The van der Waals surface area contributed by atoms with Gasteiger partial charge in [0.15, 0.2) is 0 Å². The number of rotatable bonds is 0. The van der Waals surface area contributed by atoms with Crippen LogP contribution in [0.15, 0.2) is 0 Å². The van der Waals surface area contributed by atoms with Crippen LogP contribution in [0, 0.1) is 6.92 Å². The van der Waals surface area contributed by atoms with Gasteiger partial charge in [-0.3, -0.25) is 0 Å². The molecule has 0 spiro atoms. The first kappa shape index (κ1) is 6.83. The van der Waals surface area contributed by atoms with Gasteiger partial charge in [0.05, 0.1) is 0 Å². The molecule has 0 saturated carbocycles. The molecule has 3 heteroatoms. The fourth-order valence-electron chi connectivity index (χ4n) is 1.58. The number of aromatic nitrogens is 3. The zero-order chi connectivity index (χ0) is 7.68. The van der Waals surface area contributed by atoms with Crippen molar-refractivity contribution in [2.75, 3.05) is 0 Å². The van der Waals surface area contributed by atoms with Crippen LogP contribution in [-0.4, -0.2) is 14.8 Å². The molecule has 2 rings (SSSR count). The second-order valence-electron chi connectivity index (χ2n) is 3.11. The van der Waals surface area contributed by atoms with Crippen molar-refractivity contribution in [3.8, 4) is 0 Å². The Morgan fingerprint density at radius 3 is 3.09 bits per heavy atom. The van der Waals surface area contributed by atoms with E-state index in [9.17, 15) is 0 Å². The van der Waals surface area contributed by atoms with Crippen molar-refractivity contribution in [1.82, 2.24) is 14.8 Å². The second kappa shape index (κ2) is 2.64. The number of fused-ring (bicyclic) bond motifs is 1.